The summed E-state index contributed by atoms with van der Waals surface area (Å²) in [5.41, 5.74) is 0.619. The van der Waals surface area contributed by atoms with Crippen LogP contribution in [0.1, 0.15) is 12.0 Å². The molecule has 0 aromatic carbocycles. The molecule has 13 heavy (non-hydrogen) atoms. The van der Waals surface area contributed by atoms with Gasteiger partial charge >= 0.3 is 0 Å². The largest absolute Gasteiger partial charge is 0.231 e. The van der Waals surface area contributed by atoms with Crippen molar-refractivity contribution in [2.45, 2.75) is 6.42 Å². The van der Waals surface area contributed by atoms with Crippen molar-refractivity contribution in [3.05, 3.63) is 28.8 Å². The zero-order valence-electron chi connectivity index (χ0n) is 6.72. The third kappa shape index (κ3) is 3.25. The number of halogens is 2. The fraction of sp³-hybridized carbons (Fsp3) is 0.222. The topological polar surface area (TPSA) is 12.9 Å². The molecule has 4 heteroatoms. The monoisotopic (exact) mass is 215 g/mol. The number of hydrogen-bond donors (Lipinski definition) is 1. The van der Waals surface area contributed by atoms with Gasteiger partial charge in [-0.25, -0.2) is 4.98 Å². The van der Waals surface area contributed by atoms with E-state index in [1.54, 1.807) is 0 Å². The smallest absolute Gasteiger partial charge is 0.226 e. The maximum atomic E-state index is 12.6. The van der Waals surface area contributed by atoms with E-state index in [2.05, 4.69) is 29.5 Å². The molecule has 1 heterocycles. The van der Waals surface area contributed by atoms with Crippen molar-refractivity contribution >= 4 is 24.2 Å². The van der Waals surface area contributed by atoms with Gasteiger partial charge < -0.3 is 0 Å². The minimum absolute atomic E-state index is 0.00215. The Hall–Kier alpha value is -0.720. The molecule has 0 atom stereocenters. The first-order valence-electron chi connectivity index (χ1n) is 3.65. The van der Waals surface area contributed by atoms with Crippen LogP contribution in [0.2, 0.25) is 5.02 Å². The summed E-state index contributed by atoms with van der Waals surface area (Å²) < 4.78 is 12.6. The average molecular weight is 216 g/mol. The minimum Gasteiger partial charge on any atom is -0.226 e. The first-order valence-corrected chi connectivity index (χ1v) is 4.66. The zero-order valence-corrected chi connectivity index (χ0v) is 8.37. The molecule has 0 unspecified atom stereocenters. The molecule has 1 rings (SSSR count). The summed E-state index contributed by atoms with van der Waals surface area (Å²) in [6.07, 6.45) is 2.05. The molecule has 0 aliphatic heterocycles. The molecule has 0 aliphatic rings. The fourth-order valence-electron chi connectivity index (χ4n) is 0.710. The molecule has 1 aromatic heterocycles. The molecule has 0 aliphatic carbocycles. The molecule has 68 valence electrons. The van der Waals surface area contributed by atoms with Gasteiger partial charge in [-0.2, -0.15) is 17.0 Å². The van der Waals surface area contributed by atoms with Crippen LogP contribution in [0.15, 0.2) is 12.3 Å². The standard InChI is InChI=1S/C9H7ClFNS/c10-8-5-7(3-1-2-4-13)6-12-9(8)11/h5-6,13H,2,4H2. The highest BCUT2D eigenvalue weighted by Gasteiger charge is 1.99. The molecule has 0 saturated carbocycles. The summed E-state index contributed by atoms with van der Waals surface area (Å²) in [6.45, 7) is 0. The Morgan fingerprint density at radius 3 is 3.00 bits per heavy atom. The summed E-state index contributed by atoms with van der Waals surface area (Å²) in [5, 5.41) is -0.00215. The molecule has 0 saturated heterocycles. The lowest BCUT2D eigenvalue weighted by atomic mass is 10.3. The predicted octanol–water partition coefficient (Wildman–Crippen LogP) is 2.55. The van der Waals surface area contributed by atoms with Crippen molar-refractivity contribution in [2.24, 2.45) is 0 Å². The zero-order chi connectivity index (χ0) is 9.68. The maximum Gasteiger partial charge on any atom is 0.231 e. The Bertz CT molecular complexity index is 356. The molecule has 0 spiro atoms. The van der Waals surface area contributed by atoms with Crippen molar-refractivity contribution in [2.75, 3.05) is 5.75 Å². The second-order valence-corrected chi connectivity index (χ2v) is 3.13. The lowest BCUT2D eigenvalue weighted by molar-refractivity contribution is 0.584. The Kier molecular flexibility index (Phi) is 4.07. The Labute approximate surface area is 86.7 Å². The lowest BCUT2D eigenvalue weighted by Crippen LogP contribution is -1.85. The quantitative estimate of drug-likeness (QED) is 0.432. The van der Waals surface area contributed by atoms with Crippen LogP contribution in [0, 0.1) is 17.8 Å². The molecular weight excluding hydrogens is 209 g/mol. The predicted molar refractivity (Wildman–Crippen MR) is 54.6 cm³/mol. The normalized spacial score (nSPS) is 9.15. The third-order valence-corrected chi connectivity index (χ3v) is 1.75. The summed E-state index contributed by atoms with van der Waals surface area (Å²) in [6, 6.07) is 1.45. The second kappa shape index (κ2) is 5.11. The number of hydrogen-bond acceptors (Lipinski definition) is 2. The first-order chi connectivity index (χ1) is 6.24. The van der Waals surface area contributed by atoms with Crippen LogP contribution in [0.4, 0.5) is 4.39 Å². The summed E-state index contributed by atoms with van der Waals surface area (Å²) >= 11 is 9.51. The van der Waals surface area contributed by atoms with Crippen LogP contribution in [-0.2, 0) is 0 Å². The SMILES string of the molecule is Fc1ncc(C#CCCS)cc1Cl. The second-order valence-electron chi connectivity index (χ2n) is 2.27. The minimum atomic E-state index is -0.665. The summed E-state index contributed by atoms with van der Waals surface area (Å²) in [7, 11) is 0. The molecular formula is C9H7ClFNS. The first kappa shape index (κ1) is 10.4. The van der Waals surface area contributed by atoms with Crippen molar-refractivity contribution in [1.29, 1.82) is 0 Å². The van der Waals surface area contributed by atoms with E-state index in [4.69, 9.17) is 11.6 Å². The van der Waals surface area contributed by atoms with E-state index in [1.165, 1.54) is 12.3 Å². The van der Waals surface area contributed by atoms with Gasteiger partial charge in [0.05, 0.1) is 5.02 Å². The molecule has 0 N–H and O–H groups in total. The van der Waals surface area contributed by atoms with Crippen LogP contribution >= 0.6 is 24.2 Å². The van der Waals surface area contributed by atoms with Gasteiger partial charge in [0.15, 0.2) is 0 Å². The Morgan fingerprint density at radius 2 is 2.38 bits per heavy atom. The van der Waals surface area contributed by atoms with Crippen molar-refractivity contribution in [3.8, 4) is 11.8 Å². The number of pyridine rings is 1. The summed E-state index contributed by atoms with van der Waals surface area (Å²) in [4.78, 5) is 3.44. The van der Waals surface area contributed by atoms with E-state index >= 15 is 0 Å². The number of thiol groups is 1. The van der Waals surface area contributed by atoms with Gasteiger partial charge in [0, 0.05) is 23.9 Å². The van der Waals surface area contributed by atoms with E-state index < -0.39 is 5.95 Å². The molecule has 0 bridgehead atoms. The third-order valence-electron chi connectivity index (χ3n) is 1.27. The van der Waals surface area contributed by atoms with Crippen molar-refractivity contribution < 1.29 is 4.39 Å². The van der Waals surface area contributed by atoms with Gasteiger partial charge in [-0.05, 0) is 6.07 Å². The van der Waals surface area contributed by atoms with Gasteiger partial charge in [0.1, 0.15) is 0 Å². The molecule has 1 nitrogen and oxygen atoms in total. The van der Waals surface area contributed by atoms with E-state index in [0.717, 1.165) is 0 Å². The highest BCUT2D eigenvalue weighted by atomic mass is 35.5. The van der Waals surface area contributed by atoms with Crippen LogP contribution in [-0.4, -0.2) is 10.7 Å². The van der Waals surface area contributed by atoms with Crippen LogP contribution in [0.25, 0.3) is 0 Å². The van der Waals surface area contributed by atoms with Crippen LogP contribution < -0.4 is 0 Å². The Balaban J connectivity index is 2.81. The molecule has 0 amide bonds. The highest BCUT2D eigenvalue weighted by molar-refractivity contribution is 7.80. The number of rotatable bonds is 1. The molecule has 0 radical (unpaired) electrons. The van der Waals surface area contributed by atoms with E-state index in [1.807, 2.05) is 0 Å². The number of nitrogens with zero attached hydrogens (tertiary/aromatic N) is 1. The fourth-order valence-corrected chi connectivity index (χ4v) is 0.988. The van der Waals surface area contributed by atoms with E-state index in [9.17, 15) is 4.39 Å². The van der Waals surface area contributed by atoms with E-state index in [0.29, 0.717) is 17.7 Å². The van der Waals surface area contributed by atoms with Crippen molar-refractivity contribution in [3.63, 3.8) is 0 Å². The lowest BCUT2D eigenvalue weighted by Gasteiger charge is -1.92. The van der Waals surface area contributed by atoms with E-state index in [-0.39, 0.29) is 5.02 Å². The Morgan fingerprint density at radius 1 is 1.62 bits per heavy atom. The molecule has 0 fully saturated rings. The van der Waals surface area contributed by atoms with Crippen molar-refractivity contribution in [1.82, 2.24) is 4.98 Å². The van der Waals surface area contributed by atoms with Gasteiger partial charge in [-0.3, -0.25) is 0 Å². The van der Waals surface area contributed by atoms with Crippen LogP contribution in [0.3, 0.4) is 0 Å². The van der Waals surface area contributed by atoms with Gasteiger partial charge in [-0.15, -0.1) is 0 Å². The summed E-state index contributed by atoms with van der Waals surface area (Å²) in [5.74, 6) is 5.69. The highest BCUT2D eigenvalue weighted by Crippen LogP contribution is 2.12. The van der Waals surface area contributed by atoms with Gasteiger partial charge in [-0.1, -0.05) is 23.4 Å². The van der Waals surface area contributed by atoms with Gasteiger partial charge in [0.2, 0.25) is 5.95 Å². The molecule has 1 aromatic rings. The maximum absolute atomic E-state index is 12.6. The average Bonchev–Trinajstić information content (AvgIpc) is 2.12. The van der Waals surface area contributed by atoms with Gasteiger partial charge in [0.25, 0.3) is 0 Å². The number of aromatic nitrogens is 1. The van der Waals surface area contributed by atoms with Crippen LogP contribution in [0.5, 0.6) is 0 Å².